The summed E-state index contributed by atoms with van der Waals surface area (Å²) in [7, 11) is 0. The highest BCUT2D eigenvalue weighted by Gasteiger charge is 2.32. The molecule has 0 saturated heterocycles. The van der Waals surface area contributed by atoms with Crippen LogP contribution in [0, 0.1) is 25.5 Å². The number of aryl methyl sites for hydroxylation is 2. The van der Waals surface area contributed by atoms with E-state index in [1.165, 1.54) is 19.9 Å². The van der Waals surface area contributed by atoms with Crippen LogP contribution in [0.15, 0.2) is 35.3 Å². The van der Waals surface area contributed by atoms with Crippen LogP contribution < -0.4 is 10.9 Å². The van der Waals surface area contributed by atoms with Crippen LogP contribution in [0.25, 0.3) is 10.9 Å². The van der Waals surface area contributed by atoms with Gasteiger partial charge in [0.1, 0.15) is 11.6 Å². The Bertz CT molecular complexity index is 1180. The number of hydrogen-bond donors (Lipinski definition) is 3. The minimum atomic E-state index is -1.54. The van der Waals surface area contributed by atoms with Crippen LogP contribution >= 0.6 is 0 Å². The molecular weight excluding hydrogens is 392 g/mol. The number of H-pyrrole nitrogens is 1. The van der Waals surface area contributed by atoms with Gasteiger partial charge in [-0.25, -0.2) is 8.78 Å². The molecule has 1 amide bonds. The summed E-state index contributed by atoms with van der Waals surface area (Å²) < 4.78 is 27.6. The lowest BCUT2D eigenvalue weighted by molar-refractivity contribution is -0.123. The molecule has 0 radical (unpaired) electrons. The number of aromatic amines is 1. The van der Waals surface area contributed by atoms with Crippen molar-refractivity contribution in [2.45, 2.75) is 45.8 Å². The highest BCUT2D eigenvalue weighted by atomic mass is 19.1. The van der Waals surface area contributed by atoms with Crippen molar-refractivity contribution in [1.29, 1.82) is 0 Å². The van der Waals surface area contributed by atoms with Crippen molar-refractivity contribution >= 4 is 16.8 Å². The molecule has 0 spiro atoms. The van der Waals surface area contributed by atoms with Gasteiger partial charge in [0.15, 0.2) is 0 Å². The first-order valence-corrected chi connectivity index (χ1v) is 9.42. The fraction of sp³-hybridized carbons (Fsp3) is 0.318. The van der Waals surface area contributed by atoms with Crippen LogP contribution in [0.5, 0.6) is 0 Å². The number of benzene rings is 1. The Kier molecular flexibility index (Phi) is 5.72. The third-order valence-electron chi connectivity index (χ3n) is 5.11. The van der Waals surface area contributed by atoms with Gasteiger partial charge < -0.3 is 15.4 Å². The molecule has 3 N–H and O–H groups in total. The summed E-state index contributed by atoms with van der Waals surface area (Å²) in [4.78, 5) is 32.3. The molecule has 0 aliphatic carbocycles. The van der Waals surface area contributed by atoms with Gasteiger partial charge in [-0.15, -0.1) is 0 Å². The molecule has 0 bridgehead atoms. The summed E-state index contributed by atoms with van der Waals surface area (Å²) >= 11 is 0. The van der Waals surface area contributed by atoms with Gasteiger partial charge in [0.25, 0.3) is 5.56 Å². The maximum Gasteiger partial charge on any atom is 0.252 e. The van der Waals surface area contributed by atoms with Gasteiger partial charge in [-0.2, -0.15) is 0 Å². The lowest BCUT2D eigenvalue weighted by Crippen LogP contribution is -2.43. The van der Waals surface area contributed by atoms with E-state index in [0.717, 1.165) is 11.5 Å². The predicted octanol–water partition coefficient (Wildman–Crippen LogP) is 2.99. The van der Waals surface area contributed by atoms with E-state index in [2.05, 4.69) is 15.3 Å². The van der Waals surface area contributed by atoms with Crippen molar-refractivity contribution < 1.29 is 18.7 Å². The van der Waals surface area contributed by atoms with Crippen LogP contribution in [0.1, 0.15) is 42.3 Å². The number of aliphatic hydroxyl groups is 1. The summed E-state index contributed by atoms with van der Waals surface area (Å²) in [6.07, 6.45) is 1.31. The third-order valence-corrected chi connectivity index (χ3v) is 5.11. The Hall–Kier alpha value is -3.13. The molecule has 1 aromatic carbocycles. The van der Waals surface area contributed by atoms with E-state index in [0.29, 0.717) is 22.8 Å². The number of rotatable bonds is 5. The number of aromatic nitrogens is 2. The van der Waals surface area contributed by atoms with E-state index < -0.39 is 34.7 Å². The minimum Gasteiger partial charge on any atom is -0.388 e. The van der Waals surface area contributed by atoms with Crippen LogP contribution in [0.2, 0.25) is 0 Å². The molecule has 8 heteroatoms. The molecule has 158 valence electrons. The topological polar surface area (TPSA) is 95.1 Å². The van der Waals surface area contributed by atoms with Gasteiger partial charge in [-0.3, -0.25) is 14.6 Å². The van der Waals surface area contributed by atoms with Gasteiger partial charge in [0.2, 0.25) is 5.91 Å². The Morgan fingerprint density at radius 2 is 1.97 bits per heavy atom. The highest BCUT2D eigenvalue weighted by Crippen LogP contribution is 2.28. The number of nitrogens with zero attached hydrogens (tertiary/aromatic N) is 1. The number of fused-ring (bicyclic) bond motifs is 1. The number of carbonyl (C=O) groups excluding carboxylic acids is 1. The number of pyridine rings is 2. The van der Waals surface area contributed by atoms with E-state index in [-0.39, 0.29) is 17.5 Å². The lowest BCUT2D eigenvalue weighted by atomic mass is 9.91. The van der Waals surface area contributed by atoms with Gasteiger partial charge in [-0.1, -0.05) is 6.07 Å². The quantitative estimate of drug-likeness (QED) is 0.597. The Morgan fingerprint density at radius 1 is 1.27 bits per heavy atom. The normalized spacial score (nSPS) is 12.8. The molecule has 6 nitrogen and oxygen atoms in total. The standard InChI is InChI=1S/C22H23F2N3O3/c1-11-15(21(29)26-17-7-8-25-12(2)19(11)17)10-18(28)27-20(22(3,4)30)14-6-5-13(23)9-16(14)24/h5-9,20,30H,10H2,1-4H3,(H,26,29)(H,27,28)/t20-/m1/s1. The first-order chi connectivity index (χ1) is 14.0. The molecule has 0 fully saturated rings. The summed E-state index contributed by atoms with van der Waals surface area (Å²) in [5.74, 6) is -2.23. The molecule has 2 aromatic heterocycles. The summed E-state index contributed by atoms with van der Waals surface area (Å²) in [6.45, 7) is 6.36. The number of hydrogen-bond acceptors (Lipinski definition) is 4. The predicted molar refractivity (Wildman–Crippen MR) is 109 cm³/mol. The first kappa shape index (κ1) is 21.6. The summed E-state index contributed by atoms with van der Waals surface area (Å²) in [6, 6.07) is 3.46. The number of amides is 1. The van der Waals surface area contributed by atoms with Crippen LogP contribution in [-0.4, -0.2) is 26.6 Å². The van der Waals surface area contributed by atoms with Crippen molar-refractivity contribution in [2.24, 2.45) is 0 Å². The molecule has 3 aromatic rings. The van der Waals surface area contributed by atoms with E-state index >= 15 is 0 Å². The van der Waals surface area contributed by atoms with Crippen LogP contribution in [-0.2, 0) is 11.2 Å². The van der Waals surface area contributed by atoms with Crippen LogP contribution in [0.3, 0.4) is 0 Å². The second-order valence-corrected chi connectivity index (χ2v) is 7.87. The number of nitrogens with one attached hydrogen (secondary N) is 2. The maximum atomic E-state index is 14.3. The molecule has 2 heterocycles. The minimum absolute atomic E-state index is 0.0542. The SMILES string of the molecule is Cc1nccc2[nH]c(=O)c(CC(=O)N[C@H](c3ccc(F)cc3F)C(C)(C)O)c(C)c12. The Labute approximate surface area is 172 Å². The molecule has 1 atom stereocenters. The highest BCUT2D eigenvalue weighted by molar-refractivity contribution is 5.87. The molecular formula is C22H23F2N3O3. The average Bonchev–Trinajstić information content (AvgIpc) is 2.62. The zero-order valence-corrected chi connectivity index (χ0v) is 17.1. The third kappa shape index (κ3) is 4.23. The first-order valence-electron chi connectivity index (χ1n) is 9.42. The zero-order chi connectivity index (χ0) is 22.2. The molecule has 0 aliphatic heterocycles. The molecule has 0 unspecified atom stereocenters. The number of halogens is 2. The maximum absolute atomic E-state index is 14.3. The van der Waals surface area contributed by atoms with Crippen molar-refractivity contribution in [3.05, 3.63) is 74.8 Å². The second kappa shape index (κ2) is 7.95. The molecule has 0 aliphatic rings. The monoisotopic (exact) mass is 415 g/mol. The second-order valence-electron chi connectivity index (χ2n) is 7.87. The van der Waals surface area contributed by atoms with E-state index in [1.807, 2.05) is 0 Å². The van der Waals surface area contributed by atoms with Crippen molar-refractivity contribution in [1.82, 2.24) is 15.3 Å². The lowest BCUT2D eigenvalue weighted by Gasteiger charge is -2.31. The fourth-order valence-electron chi connectivity index (χ4n) is 3.62. The Morgan fingerprint density at radius 3 is 2.60 bits per heavy atom. The van der Waals surface area contributed by atoms with Gasteiger partial charge in [0.05, 0.1) is 23.6 Å². The number of carbonyl (C=O) groups is 1. The summed E-state index contributed by atoms with van der Waals surface area (Å²) in [5.41, 5.74) is 0.213. The van der Waals surface area contributed by atoms with E-state index in [4.69, 9.17) is 0 Å². The van der Waals surface area contributed by atoms with E-state index in [1.54, 1.807) is 26.1 Å². The van der Waals surface area contributed by atoms with E-state index in [9.17, 15) is 23.5 Å². The average molecular weight is 415 g/mol. The van der Waals surface area contributed by atoms with Gasteiger partial charge in [0, 0.05) is 34.5 Å². The van der Waals surface area contributed by atoms with Gasteiger partial charge in [-0.05, 0) is 45.4 Å². The smallest absolute Gasteiger partial charge is 0.252 e. The van der Waals surface area contributed by atoms with Crippen molar-refractivity contribution in [3.63, 3.8) is 0 Å². The van der Waals surface area contributed by atoms with Gasteiger partial charge >= 0.3 is 0 Å². The zero-order valence-electron chi connectivity index (χ0n) is 17.1. The van der Waals surface area contributed by atoms with Crippen molar-refractivity contribution in [2.75, 3.05) is 0 Å². The largest absolute Gasteiger partial charge is 0.388 e. The van der Waals surface area contributed by atoms with Crippen LogP contribution in [0.4, 0.5) is 8.78 Å². The Balaban J connectivity index is 1.95. The molecule has 30 heavy (non-hydrogen) atoms. The fourth-order valence-corrected chi connectivity index (χ4v) is 3.62. The molecule has 0 saturated carbocycles. The summed E-state index contributed by atoms with van der Waals surface area (Å²) in [5, 5.41) is 13.8. The van der Waals surface area contributed by atoms with Crippen molar-refractivity contribution in [3.8, 4) is 0 Å². The molecule has 3 rings (SSSR count).